The normalized spacial score (nSPS) is 27.4. The fourth-order valence-electron chi connectivity index (χ4n) is 5.75. The first-order chi connectivity index (χ1) is 13.6. The molecule has 3 atom stereocenters. The highest BCUT2D eigenvalue weighted by molar-refractivity contribution is 5.93. The van der Waals surface area contributed by atoms with E-state index < -0.39 is 0 Å². The van der Waals surface area contributed by atoms with Crippen LogP contribution in [0.3, 0.4) is 0 Å². The SMILES string of the molecule is CC(C)Cn1ccc2cc(NC(=O)N3C[C@@H]4CN5CCCC[C@@H]5[C@@H]4C3)ccc21. The Kier molecular flexibility index (Phi) is 4.58. The first kappa shape index (κ1) is 18.0. The summed E-state index contributed by atoms with van der Waals surface area (Å²) >= 11 is 0. The molecule has 3 aliphatic heterocycles. The van der Waals surface area contributed by atoms with Crippen LogP contribution >= 0.6 is 0 Å². The van der Waals surface area contributed by atoms with E-state index in [0.29, 0.717) is 23.8 Å². The molecule has 4 heterocycles. The van der Waals surface area contributed by atoms with E-state index in [1.165, 1.54) is 43.3 Å². The monoisotopic (exact) mass is 380 g/mol. The molecule has 3 saturated heterocycles. The molecule has 0 unspecified atom stereocenters. The molecule has 0 aliphatic carbocycles. The number of urea groups is 1. The van der Waals surface area contributed by atoms with Gasteiger partial charge < -0.3 is 14.8 Å². The molecule has 3 fully saturated rings. The molecule has 1 aromatic heterocycles. The van der Waals surface area contributed by atoms with E-state index in [1.807, 2.05) is 6.07 Å². The number of benzene rings is 1. The van der Waals surface area contributed by atoms with Crippen LogP contribution in [0.15, 0.2) is 30.5 Å². The van der Waals surface area contributed by atoms with Crippen molar-refractivity contribution < 1.29 is 4.79 Å². The second kappa shape index (κ2) is 7.11. The van der Waals surface area contributed by atoms with Crippen LogP contribution in [-0.2, 0) is 6.54 Å². The maximum Gasteiger partial charge on any atom is 0.321 e. The van der Waals surface area contributed by atoms with E-state index in [0.717, 1.165) is 25.3 Å². The Hall–Kier alpha value is -2.01. The lowest BCUT2D eigenvalue weighted by molar-refractivity contribution is 0.157. The Morgan fingerprint density at radius 3 is 2.93 bits per heavy atom. The molecule has 28 heavy (non-hydrogen) atoms. The van der Waals surface area contributed by atoms with E-state index in [1.54, 1.807) is 0 Å². The minimum Gasteiger partial charge on any atom is -0.347 e. The molecule has 150 valence electrons. The molecular formula is C23H32N4O. The number of hydrogen-bond acceptors (Lipinski definition) is 2. The molecule has 5 rings (SSSR count). The number of likely N-dealkylation sites (tertiary alicyclic amines) is 1. The fraction of sp³-hybridized carbons (Fsp3) is 0.609. The zero-order chi connectivity index (χ0) is 19.3. The third-order valence-corrected chi connectivity index (χ3v) is 6.99. The highest BCUT2D eigenvalue weighted by atomic mass is 16.2. The summed E-state index contributed by atoms with van der Waals surface area (Å²) in [6, 6.07) is 9.20. The van der Waals surface area contributed by atoms with Crippen LogP contribution in [-0.4, -0.2) is 52.6 Å². The van der Waals surface area contributed by atoms with Crippen LogP contribution in [0.25, 0.3) is 10.9 Å². The molecular weight excluding hydrogens is 348 g/mol. The van der Waals surface area contributed by atoms with Crippen molar-refractivity contribution in [3.8, 4) is 0 Å². The van der Waals surface area contributed by atoms with Crippen molar-refractivity contribution in [3.63, 3.8) is 0 Å². The number of nitrogens with zero attached hydrogens (tertiary/aromatic N) is 3. The van der Waals surface area contributed by atoms with Gasteiger partial charge in [0.05, 0.1) is 0 Å². The van der Waals surface area contributed by atoms with E-state index in [-0.39, 0.29) is 6.03 Å². The summed E-state index contributed by atoms with van der Waals surface area (Å²) in [5.74, 6) is 1.96. The molecule has 5 heteroatoms. The third-order valence-electron chi connectivity index (χ3n) is 6.99. The fourth-order valence-corrected chi connectivity index (χ4v) is 5.75. The summed E-state index contributed by atoms with van der Waals surface area (Å²) in [7, 11) is 0. The van der Waals surface area contributed by atoms with Gasteiger partial charge in [-0.2, -0.15) is 0 Å². The quantitative estimate of drug-likeness (QED) is 0.865. The van der Waals surface area contributed by atoms with Crippen molar-refractivity contribution in [1.82, 2.24) is 14.4 Å². The maximum atomic E-state index is 12.9. The van der Waals surface area contributed by atoms with Gasteiger partial charge in [0.1, 0.15) is 0 Å². The molecule has 2 amide bonds. The number of piperidine rings is 1. The van der Waals surface area contributed by atoms with Gasteiger partial charge in [0.25, 0.3) is 0 Å². The number of rotatable bonds is 3. The second-order valence-corrected chi connectivity index (χ2v) is 9.45. The van der Waals surface area contributed by atoms with Gasteiger partial charge in [-0.15, -0.1) is 0 Å². The van der Waals surface area contributed by atoms with Crippen LogP contribution in [0.4, 0.5) is 10.5 Å². The van der Waals surface area contributed by atoms with Crippen molar-refractivity contribution in [1.29, 1.82) is 0 Å². The van der Waals surface area contributed by atoms with E-state index in [2.05, 4.69) is 57.9 Å². The average molecular weight is 381 g/mol. The van der Waals surface area contributed by atoms with Gasteiger partial charge in [0.15, 0.2) is 0 Å². The Balaban J connectivity index is 1.25. The summed E-state index contributed by atoms with van der Waals surface area (Å²) in [6.45, 7) is 9.77. The van der Waals surface area contributed by atoms with Gasteiger partial charge in [-0.1, -0.05) is 20.3 Å². The van der Waals surface area contributed by atoms with Crippen LogP contribution in [0.5, 0.6) is 0 Å². The predicted molar refractivity (Wildman–Crippen MR) is 114 cm³/mol. The van der Waals surface area contributed by atoms with E-state index in [4.69, 9.17) is 0 Å². The number of amides is 2. The molecule has 0 radical (unpaired) electrons. The van der Waals surface area contributed by atoms with Crippen LogP contribution < -0.4 is 5.32 Å². The minimum atomic E-state index is 0.0673. The van der Waals surface area contributed by atoms with E-state index >= 15 is 0 Å². The third kappa shape index (κ3) is 3.20. The lowest BCUT2D eigenvalue weighted by Gasteiger charge is -2.33. The summed E-state index contributed by atoms with van der Waals surface area (Å²) in [5.41, 5.74) is 2.14. The van der Waals surface area contributed by atoms with Crippen molar-refractivity contribution in [2.75, 3.05) is 31.5 Å². The first-order valence-corrected chi connectivity index (χ1v) is 11.0. The van der Waals surface area contributed by atoms with Gasteiger partial charge in [-0.05, 0) is 61.4 Å². The van der Waals surface area contributed by atoms with Crippen molar-refractivity contribution >= 4 is 22.6 Å². The highest BCUT2D eigenvalue weighted by Gasteiger charge is 2.48. The minimum absolute atomic E-state index is 0.0673. The van der Waals surface area contributed by atoms with Crippen LogP contribution in [0.1, 0.15) is 33.1 Å². The van der Waals surface area contributed by atoms with Crippen molar-refractivity contribution in [3.05, 3.63) is 30.5 Å². The van der Waals surface area contributed by atoms with Crippen molar-refractivity contribution in [2.45, 2.75) is 45.7 Å². The molecule has 1 aromatic carbocycles. The molecule has 5 nitrogen and oxygen atoms in total. The number of carbonyl (C=O) groups is 1. The summed E-state index contributed by atoms with van der Waals surface area (Å²) in [4.78, 5) is 17.6. The maximum absolute atomic E-state index is 12.9. The predicted octanol–water partition coefficient (Wildman–Crippen LogP) is 4.25. The number of nitrogens with one attached hydrogen (secondary N) is 1. The molecule has 1 N–H and O–H groups in total. The number of fused-ring (bicyclic) bond motifs is 4. The molecule has 0 saturated carbocycles. The summed E-state index contributed by atoms with van der Waals surface area (Å²) in [5, 5.41) is 4.34. The Morgan fingerprint density at radius 2 is 2.07 bits per heavy atom. The van der Waals surface area contributed by atoms with E-state index in [9.17, 15) is 4.79 Å². The van der Waals surface area contributed by atoms with Gasteiger partial charge >= 0.3 is 6.03 Å². The van der Waals surface area contributed by atoms with Crippen LogP contribution in [0, 0.1) is 17.8 Å². The standard InChI is InChI=1S/C23H32N4O/c1-16(2)12-26-10-8-17-11-19(6-7-21(17)26)24-23(28)27-14-18-13-25-9-4-3-5-22(25)20(18)15-27/h6-8,10-11,16,18,20,22H,3-5,9,12-15H2,1-2H3,(H,24,28)/t18-,20+,22+/m0/s1. The van der Waals surface area contributed by atoms with Gasteiger partial charge in [-0.3, -0.25) is 4.90 Å². The summed E-state index contributed by atoms with van der Waals surface area (Å²) < 4.78 is 2.29. The second-order valence-electron chi connectivity index (χ2n) is 9.45. The topological polar surface area (TPSA) is 40.5 Å². The molecule has 3 aliphatic rings. The molecule has 2 aromatic rings. The van der Waals surface area contributed by atoms with Crippen LogP contribution in [0.2, 0.25) is 0 Å². The average Bonchev–Trinajstić information content (AvgIpc) is 3.34. The van der Waals surface area contributed by atoms with Gasteiger partial charge in [0.2, 0.25) is 0 Å². The Bertz CT molecular complexity index is 873. The molecule has 0 spiro atoms. The zero-order valence-electron chi connectivity index (χ0n) is 17.1. The van der Waals surface area contributed by atoms with Crippen molar-refractivity contribution in [2.24, 2.45) is 17.8 Å². The molecule has 0 bridgehead atoms. The number of carbonyl (C=O) groups excluding carboxylic acids is 1. The first-order valence-electron chi connectivity index (χ1n) is 11.0. The Labute approximate surface area is 167 Å². The number of hydrogen-bond donors (Lipinski definition) is 1. The smallest absolute Gasteiger partial charge is 0.321 e. The largest absolute Gasteiger partial charge is 0.347 e. The van der Waals surface area contributed by atoms with Gasteiger partial charge in [0, 0.05) is 55.0 Å². The number of anilines is 1. The van der Waals surface area contributed by atoms with Gasteiger partial charge in [-0.25, -0.2) is 4.79 Å². The lowest BCUT2D eigenvalue weighted by atomic mass is 9.90. The number of aromatic nitrogens is 1. The summed E-state index contributed by atoms with van der Waals surface area (Å²) in [6.07, 6.45) is 6.17. The lowest BCUT2D eigenvalue weighted by Crippen LogP contribution is -2.41. The zero-order valence-corrected chi connectivity index (χ0v) is 17.1. The highest BCUT2D eigenvalue weighted by Crippen LogP contribution is 2.40. The Morgan fingerprint density at radius 1 is 1.18 bits per heavy atom.